The molecule has 1 N–H and O–H groups in total. The first-order valence-electron chi connectivity index (χ1n) is 11.7. The number of fused-ring (bicyclic) bond motifs is 1. The Hall–Kier alpha value is -4.58. The predicted molar refractivity (Wildman–Crippen MR) is 148 cm³/mol. The summed E-state index contributed by atoms with van der Waals surface area (Å²) in [7, 11) is 1.35. The van der Waals surface area contributed by atoms with Crippen molar-refractivity contribution in [3.05, 3.63) is 102 Å². The third kappa shape index (κ3) is 5.96. The Labute approximate surface area is 230 Å². The fourth-order valence-electron chi connectivity index (χ4n) is 3.79. The summed E-state index contributed by atoms with van der Waals surface area (Å²) in [6, 6.07) is 13.9. The molecule has 0 aliphatic rings. The second-order valence-corrected chi connectivity index (χ2v) is 9.68. The maximum absolute atomic E-state index is 13.3. The van der Waals surface area contributed by atoms with E-state index < -0.39 is 10.9 Å². The zero-order valence-electron chi connectivity index (χ0n) is 21.1. The molecule has 200 valence electrons. The number of carboxylic acids is 1. The van der Waals surface area contributed by atoms with E-state index in [9.17, 15) is 19.7 Å². The molecule has 0 amide bonds. The molecule has 3 aromatic carbocycles. The number of ether oxygens (including phenoxy) is 2. The maximum Gasteiger partial charge on any atom is 0.335 e. The summed E-state index contributed by atoms with van der Waals surface area (Å²) in [5.74, 6) is -0.773. The van der Waals surface area contributed by atoms with Crippen molar-refractivity contribution in [2.45, 2.75) is 26.4 Å². The second-order valence-electron chi connectivity index (χ2n) is 8.77. The molecular formula is C27H23BrN4O7. The van der Waals surface area contributed by atoms with Crippen molar-refractivity contribution in [3.63, 3.8) is 0 Å². The molecule has 0 fully saturated rings. The van der Waals surface area contributed by atoms with Gasteiger partial charge in [-0.2, -0.15) is 9.78 Å². The molecular weight excluding hydrogens is 572 g/mol. The molecule has 11 nitrogen and oxygen atoms in total. The minimum absolute atomic E-state index is 0.0595. The Kier molecular flexibility index (Phi) is 8.05. The highest BCUT2D eigenvalue weighted by molar-refractivity contribution is 9.10. The Morgan fingerprint density at radius 2 is 1.92 bits per heavy atom. The number of hydrogen-bond donors (Lipinski definition) is 1. The molecule has 0 radical (unpaired) electrons. The molecule has 4 rings (SSSR count). The number of nitro groups is 1. The summed E-state index contributed by atoms with van der Waals surface area (Å²) in [5.41, 5.74) is 0.812. The monoisotopic (exact) mass is 594 g/mol. The van der Waals surface area contributed by atoms with Crippen LogP contribution in [0.25, 0.3) is 10.9 Å². The first-order valence-corrected chi connectivity index (χ1v) is 12.5. The van der Waals surface area contributed by atoms with Gasteiger partial charge in [-0.1, -0.05) is 41.9 Å². The summed E-state index contributed by atoms with van der Waals surface area (Å²) < 4.78 is 13.0. The third-order valence-corrected chi connectivity index (χ3v) is 6.22. The minimum Gasteiger partial charge on any atom is -0.493 e. The topological polar surface area (TPSA) is 146 Å². The van der Waals surface area contributed by atoms with E-state index in [4.69, 9.17) is 14.6 Å². The van der Waals surface area contributed by atoms with E-state index >= 15 is 0 Å². The normalized spacial score (nSPS) is 11.3. The lowest BCUT2D eigenvalue weighted by Gasteiger charge is -2.13. The molecule has 0 aliphatic carbocycles. The summed E-state index contributed by atoms with van der Waals surface area (Å²) >= 11 is 3.37. The predicted octanol–water partition coefficient (Wildman–Crippen LogP) is 5.36. The van der Waals surface area contributed by atoms with E-state index in [0.29, 0.717) is 27.9 Å². The standard InChI is InChI=1S/C27H23BrN4O7/c1-15(2)25-30-21-9-8-19(28)12-20(21)26(33)31(25)29-13-17-10-22(32(36)37)24(23(11-17)38-3)39-14-16-4-6-18(7-5-16)27(34)35/h4-13,15H,14H2,1-3H3,(H,34,35). The molecule has 0 atom stereocenters. The lowest BCUT2D eigenvalue weighted by Crippen LogP contribution is -2.23. The van der Waals surface area contributed by atoms with E-state index in [1.807, 2.05) is 13.8 Å². The molecule has 0 saturated carbocycles. The quantitative estimate of drug-likeness (QED) is 0.155. The number of halogens is 1. The first kappa shape index (κ1) is 27.5. The smallest absolute Gasteiger partial charge is 0.335 e. The van der Waals surface area contributed by atoms with Crippen LogP contribution in [0.3, 0.4) is 0 Å². The largest absolute Gasteiger partial charge is 0.493 e. The SMILES string of the molecule is COc1cc(C=Nn2c(C(C)C)nc3ccc(Br)cc3c2=O)cc([N+](=O)[O-])c1OCc1ccc(C(=O)O)cc1. The number of rotatable bonds is 9. The Balaban J connectivity index is 1.71. The zero-order chi connectivity index (χ0) is 28.3. The van der Waals surface area contributed by atoms with Crippen molar-refractivity contribution < 1.29 is 24.3 Å². The van der Waals surface area contributed by atoms with Crippen molar-refractivity contribution in [1.29, 1.82) is 0 Å². The Morgan fingerprint density at radius 3 is 2.54 bits per heavy atom. The minimum atomic E-state index is -1.06. The van der Waals surface area contributed by atoms with Crippen molar-refractivity contribution in [1.82, 2.24) is 9.66 Å². The number of aromatic nitrogens is 2. The van der Waals surface area contributed by atoms with Crippen LogP contribution in [0.5, 0.6) is 11.5 Å². The van der Waals surface area contributed by atoms with Gasteiger partial charge in [-0.05, 0) is 42.0 Å². The van der Waals surface area contributed by atoms with Gasteiger partial charge in [0.15, 0.2) is 5.75 Å². The van der Waals surface area contributed by atoms with Gasteiger partial charge in [-0.3, -0.25) is 14.9 Å². The van der Waals surface area contributed by atoms with Gasteiger partial charge in [0.05, 0.1) is 34.7 Å². The number of carbonyl (C=O) groups is 1. The van der Waals surface area contributed by atoms with Crippen LogP contribution in [-0.2, 0) is 6.61 Å². The lowest BCUT2D eigenvalue weighted by atomic mass is 10.1. The van der Waals surface area contributed by atoms with E-state index in [2.05, 4.69) is 26.0 Å². The van der Waals surface area contributed by atoms with E-state index in [0.717, 1.165) is 4.47 Å². The van der Waals surface area contributed by atoms with Crippen molar-refractivity contribution in [3.8, 4) is 11.5 Å². The molecule has 12 heteroatoms. The molecule has 0 aliphatic heterocycles. The highest BCUT2D eigenvalue weighted by Gasteiger charge is 2.23. The van der Waals surface area contributed by atoms with Crippen LogP contribution in [0.4, 0.5) is 5.69 Å². The van der Waals surface area contributed by atoms with Crippen LogP contribution in [0.2, 0.25) is 0 Å². The number of aromatic carboxylic acids is 1. The number of methoxy groups -OCH3 is 1. The highest BCUT2D eigenvalue weighted by atomic mass is 79.9. The lowest BCUT2D eigenvalue weighted by molar-refractivity contribution is -0.386. The van der Waals surface area contributed by atoms with Gasteiger partial charge in [0.25, 0.3) is 5.56 Å². The molecule has 39 heavy (non-hydrogen) atoms. The van der Waals surface area contributed by atoms with Crippen molar-refractivity contribution in [2.24, 2.45) is 5.10 Å². The molecule has 0 unspecified atom stereocenters. The van der Waals surface area contributed by atoms with Gasteiger partial charge in [-0.15, -0.1) is 0 Å². The Bertz CT molecular complexity index is 1660. The number of nitrogens with zero attached hydrogens (tertiary/aromatic N) is 4. The maximum atomic E-state index is 13.3. The number of carboxylic acid groups (broad SMARTS) is 1. The average molecular weight is 595 g/mol. The van der Waals surface area contributed by atoms with Crippen LogP contribution in [0, 0.1) is 10.1 Å². The van der Waals surface area contributed by atoms with Gasteiger partial charge < -0.3 is 14.6 Å². The van der Waals surface area contributed by atoms with Crippen LogP contribution in [0.15, 0.2) is 69.0 Å². The molecule has 1 aromatic heterocycles. The van der Waals surface area contributed by atoms with Gasteiger partial charge in [0.1, 0.15) is 12.4 Å². The van der Waals surface area contributed by atoms with Gasteiger partial charge in [0, 0.05) is 22.0 Å². The van der Waals surface area contributed by atoms with Crippen LogP contribution < -0.4 is 15.0 Å². The molecule has 0 bridgehead atoms. The fourth-order valence-corrected chi connectivity index (χ4v) is 4.15. The summed E-state index contributed by atoms with van der Waals surface area (Å²) in [6.07, 6.45) is 1.32. The Morgan fingerprint density at radius 1 is 1.21 bits per heavy atom. The van der Waals surface area contributed by atoms with Gasteiger partial charge >= 0.3 is 11.7 Å². The summed E-state index contributed by atoms with van der Waals surface area (Å²) in [4.78, 5) is 40.2. The highest BCUT2D eigenvalue weighted by Crippen LogP contribution is 2.38. The molecule has 1 heterocycles. The van der Waals surface area contributed by atoms with E-state index in [1.54, 1.807) is 30.3 Å². The van der Waals surface area contributed by atoms with E-state index in [-0.39, 0.29) is 40.8 Å². The average Bonchev–Trinajstić information content (AvgIpc) is 2.91. The summed E-state index contributed by atoms with van der Waals surface area (Å²) in [5, 5.41) is 25.7. The third-order valence-electron chi connectivity index (χ3n) is 5.73. The van der Waals surface area contributed by atoms with Crippen molar-refractivity contribution >= 4 is 44.7 Å². The fraction of sp³-hybridized carbons (Fsp3) is 0.185. The van der Waals surface area contributed by atoms with Crippen LogP contribution >= 0.6 is 15.9 Å². The number of hydrogen-bond acceptors (Lipinski definition) is 8. The number of benzene rings is 3. The van der Waals surface area contributed by atoms with Crippen LogP contribution in [-0.4, -0.2) is 39.0 Å². The second kappa shape index (κ2) is 11.4. The van der Waals surface area contributed by atoms with Crippen LogP contribution in [0.1, 0.15) is 47.1 Å². The summed E-state index contributed by atoms with van der Waals surface area (Å²) in [6.45, 7) is 3.71. The van der Waals surface area contributed by atoms with Crippen molar-refractivity contribution in [2.75, 3.05) is 7.11 Å². The first-order chi connectivity index (χ1) is 18.6. The number of nitro benzene ring substituents is 1. The van der Waals surface area contributed by atoms with Gasteiger partial charge in [-0.25, -0.2) is 9.78 Å². The molecule has 0 spiro atoms. The van der Waals surface area contributed by atoms with E-state index in [1.165, 1.54) is 42.3 Å². The molecule has 4 aromatic rings. The zero-order valence-corrected chi connectivity index (χ0v) is 22.7. The molecule has 0 saturated heterocycles. The van der Waals surface area contributed by atoms with Gasteiger partial charge in [0.2, 0.25) is 5.75 Å².